The minimum Gasteiger partial charge on any atom is -0.385 e. The predicted octanol–water partition coefficient (Wildman–Crippen LogP) is 0.788. The molecule has 1 aliphatic heterocycles. The SMILES string of the molecule is COCCCCNC(=O)C1CCN(C(C)=O)CC1. The molecule has 5 heteroatoms. The highest BCUT2D eigenvalue weighted by Gasteiger charge is 2.25. The topological polar surface area (TPSA) is 58.6 Å². The van der Waals surface area contributed by atoms with E-state index in [1.165, 1.54) is 0 Å². The van der Waals surface area contributed by atoms with Crippen LogP contribution in [0, 0.1) is 5.92 Å². The van der Waals surface area contributed by atoms with Crippen molar-refractivity contribution in [3.05, 3.63) is 0 Å². The van der Waals surface area contributed by atoms with Crippen LogP contribution < -0.4 is 5.32 Å². The van der Waals surface area contributed by atoms with Crippen molar-refractivity contribution in [2.24, 2.45) is 5.92 Å². The van der Waals surface area contributed by atoms with Crippen molar-refractivity contribution in [1.29, 1.82) is 0 Å². The lowest BCUT2D eigenvalue weighted by molar-refractivity contribution is -0.133. The van der Waals surface area contributed by atoms with Gasteiger partial charge in [-0.1, -0.05) is 0 Å². The highest BCUT2D eigenvalue weighted by molar-refractivity contribution is 5.79. The summed E-state index contributed by atoms with van der Waals surface area (Å²) in [4.78, 5) is 24.8. The minimum atomic E-state index is 0.0722. The molecule has 2 amide bonds. The summed E-state index contributed by atoms with van der Waals surface area (Å²) in [5, 5.41) is 2.96. The van der Waals surface area contributed by atoms with Crippen molar-refractivity contribution in [3.63, 3.8) is 0 Å². The predicted molar refractivity (Wildman–Crippen MR) is 69.1 cm³/mol. The highest BCUT2D eigenvalue weighted by atomic mass is 16.5. The van der Waals surface area contributed by atoms with E-state index in [9.17, 15) is 9.59 Å². The van der Waals surface area contributed by atoms with Gasteiger partial charge >= 0.3 is 0 Å². The van der Waals surface area contributed by atoms with E-state index >= 15 is 0 Å². The maximum absolute atomic E-state index is 11.9. The Hall–Kier alpha value is -1.10. The fourth-order valence-electron chi connectivity index (χ4n) is 2.18. The van der Waals surface area contributed by atoms with Crippen LogP contribution in [0.4, 0.5) is 0 Å². The van der Waals surface area contributed by atoms with Crippen LogP contribution in [-0.2, 0) is 14.3 Å². The number of methoxy groups -OCH3 is 1. The average molecular weight is 256 g/mol. The number of carbonyl (C=O) groups excluding carboxylic acids is 2. The van der Waals surface area contributed by atoms with Gasteiger partial charge in [0.15, 0.2) is 0 Å². The largest absolute Gasteiger partial charge is 0.385 e. The van der Waals surface area contributed by atoms with Gasteiger partial charge in [-0.05, 0) is 25.7 Å². The summed E-state index contributed by atoms with van der Waals surface area (Å²) in [7, 11) is 1.68. The molecule has 1 saturated heterocycles. The zero-order chi connectivity index (χ0) is 13.4. The number of hydrogen-bond acceptors (Lipinski definition) is 3. The fraction of sp³-hybridized carbons (Fsp3) is 0.846. The average Bonchev–Trinajstić information content (AvgIpc) is 2.38. The number of rotatable bonds is 6. The van der Waals surface area contributed by atoms with Gasteiger partial charge in [0, 0.05) is 46.2 Å². The van der Waals surface area contributed by atoms with E-state index in [0.717, 1.165) is 38.8 Å². The molecule has 1 N–H and O–H groups in total. The molecule has 1 heterocycles. The van der Waals surface area contributed by atoms with Crippen molar-refractivity contribution in [2.75, 3.05) is 33.4 Å². The van der Waals surface area contributed by atoms with Crippen LogP contribution in [0.1, 0.15) is 32.6 Å². The first-order chi connectivity index (χ1) is 8.65. The number of nitrogens with zero attached hydrogens (tertiary/aromatic N) is 1. The summed E-state index contributed by atoms with van der Waals surface area (Å²) in [6, 6.07) is 0. The first-order valence-electron chi connectivity index (χ1n) is 6.67. The van der Waals surface area contributed by atoms with Gasteiger partial charge in [-0.2, -0.15) is 0 Å². The summed E-state index contributed by atoms with van der Waals surface area (Å²) < 4.78 is 4.95. The molecule has 0 spiro atoms. The highest BCUT2D eigenvalue weighted by Crippen LogP contribution is 2.17. The van der Waals surface area contributed by atoms with Crippen LogP contribution >= 0.6 is 0 Å². The van der Waals surface area contributed by atoms with Crippen LogP contribution in [0.5, 0.6) is 0 Å². The summed E-state index contributed by atoms with van der Waals surface area (Å²) in [6.45, 7) is 4.45. The van der Waals surface area contributed by atoms with E-state index in [1.54, 1.807) is 14.0 Å². The Labute approximate surface area is 109 Å². The minimum absolute atomic E-state index is 0.0722. The summed E-state index contributed by atoms with van der Waals surface area (Å²) >= 11 is 0. The van der Waals surface area contributed by atoms with Crippen LogP contribution in [0.2, 0.25) is 0 Å². The van der Waals surface area contributed by atoms with Crippen molar-refractivity contribution in [2.45, 2.75) is 32.6 Å². The van der Waals surface area contributed by atoms with Crippen molar-refractivity contribution < 1.29 is 14.3 Å². The molecular formula is C13H24N2O3. The second-order valence-electron chi connectivity index (χ2n) is 4.77. The van der Waals surface area contributed by atoms with Gasteiger partial charge in [0.2, 0.25) is 11.8 Å². The van der Waals surface area contributed by atoms with Crippen molar-refractivity contribution in [3.8, 4) is 0 Å². The molecule has 1 fully saturated rings. The molecule has 1 rings (SSSR count). The molecule has 0 radical (unpaired) electrons. The van der Waals surface area contributed by atoms with Gasteiger partial charge in [0.05, 0.1) is 0 Å². The number of ether oxygens (including phenoxy) is 1. The molecule has 0 aliphatic carbocycles. The first-order valence-corrected chi connectivity index (χ1v) is 6.67. The van der Waals surface area contributed by atoms with E-state index in [2.05, 4.69) is 5.32 Å². The second-order valence-corrected chi connectivity index (χ2v) is 4.77. The zero-order valence-corrected chi connectivity index (χ0v) is 11.4. The molecule has 0 aromatic rings. The lowest BCUT2D eigenvalue weighted by atomic mass is 9.96. The van der Waals surface area contributed by atoms with Crippen LogP contribution in [0.25, 0.3) is 0 Å². The van der Waals surface area contributed by atoms with Gasteiger partial charge in [-0.3, -0.25) is 9.59 Å². The van der Waals surface area contributed by atoms with E-state index in [4.69, 9.17) is 4.74 Å². The number of unbranched alkanes of at least 4 members (excludes halogenated alkanes) is 1. The number of carbonyl (C=O) groups is 2. The zero-order valence-electron chi connectivity index (χ0n) is 11.4. The molecule has 0 atom stereocenters. The number of hydrogen-bond donors (Lipinski definition) is 1. The Bertz CT molecular complexity index is 273. The summed E-state index contributed by atoms with van der Waals surface area (Å²) in [6.07, 6.45) is 3.48. The molecule has 0 aromatic heterocycles. The van der Waals surface area contributed by atoms with Crippen LogP contribution in [0.15, 0.2) is 0 Å². The number of piperidine rings is 1. The van der Waals surface area contributed by atoms with Crippen LogP contribution in [0.3, 0.4) is 0 Å². The van der Waals surface area contributed by atoms with E-state index in [0.29, 0.717) is 13.1 Å². The third kappa shape index (κ3) is 5.04. The fourth-order valence-corrected chi connectivity index (χ4v) is 2.18. The Morgan fingerprint density at radius 1 is 1.28 bits per heavy atom. The lowest BCUT2D eigenvalue weighted by Crippen LogP contribution is -2.42. The maximum atomic E-state index is 11.9. The van der Waals surface area contributed by atoms with Crippen molar-refractivity contribution in [1.82, 2.24) is 10.2 Å². The number of nitrogens with one attached hydrogen (secondary N) is 1. The van der Waals surface area contributed by atoms with Crippen LogP contribution in [-0.4, -0.2) is 50.1 Å². The maximum Gasteiger partial charge on any atom is 0.223 e. The molecule has 0 bridgehead atoms. The van der Waals surface area contributed by atoms with Gasteiger partial charge in [0.25, 0.3) is 0 Å². The van der Waals surface area contributed by atoms with Gasteiger partial charge in [-0.25, -0.2) is 0 Å². The smallest absolute Gasteiger partial charge is 0.223 e. The quantitative estimate of drug-likeness (QED) is 0.715. The summed E-state index contributed by atoms with van der Waals surface area (Å²) in [5.41, 5.74) is 0. The monoisotopic (exact) mass is 256 g/mol. The molecule has 104 valence electrons. The van der Waals surface area contributed by atoms with Crippen molar-refractivity contribution >= 4 is 11.8 Å². The molecular weight excluding hydrogens is 232 g/mol. The van der Waals surface area contributed by atoms with Gasteiger partial charge in [0.1, 0.15) is 0 Å². The normalized spacial score (nSPS) is 16.7. The second kappa shape index (κ2) is 8.08. The Kier molecular flexibility index (Phi) is 6.72. The molecule has 0 aromatic carbocycles. The van der Waals surface area contributed by atoms with Gasteiger partial charge < -0.3 is 15.0 Å². The van der Waals surface area contributed by atoms with E-state index in [-0.39, 0.29) is 17.7 Å². The summed E-state index contributed by atoms with van der Waals surface area (Å²) in [5.74, 6) is 0.312. The Morgan fingerprint density at radius 3 is 2.50 bits per heavy atom. The standard InChI is InChI=1S/C13H24N2O3/c1-11(16)15-8-5-12(6-9-15)13(17)14-7-3-4-10-18-2/h12H,3-10H2,1-2H3,(H,14,17). The number of amides is 2. The Balaban J connectivity index is 2.14. The third-order valence-corrected chi connectivity index (χ3v) is 3.39. The third-order valence-electron chi connectivity index (χ3n) is 3.39. The number of likely N-dealkylation sites (tertiary alicyclic amines) is 1. The molecule has 1 aliphatic rings. The molecule has 0 unspecified atom stereocenters. The van der Waals surface area contributed by atoms with Gasteiger partial charge in [-0.15, -0.1) is 0 Å². The molecule has 18 heavy (non-hydrogen) atoms. The first kappa shape index (κ1) is 15.0. The molecule has 0 saturated carbocycles. The Morgan fingerprint density at radius 2 is 1.94 bits per heavy atom. The van der Waals surface area contributed by atoms with E-state index < -0.39 is 0 Å². The lowest BCUT2D eigenvalue weighted by Gasteiger charge is -2.30. The van der Waals surface area contributed by atoms with E-state index in [1.807, 2.05) is 4.90 Å². The molecule has 5 nitrogen and oxygen atoms in total.